The summed E-state index contributed by atoms with van der Waals surface area (Å²) in [7, 11) is 2.07. The minimum Gasteiger partial charge on any atom is -0.390 e. The number of nitrogens with one attached hydrogen (secondary N) is 3. The monoisotopic (exact) mass is 509 g/mol. The molecule has 36 heavy (non-hydrogen) atoms. The summed E-state index contributed by atoms with van der Waals surface area (Å²) in [5.74, 6) is -0.383. The van der Waals surface area contributed by atoms with Crippen LogP contribution < -0.4 is 10.6 Å². The lowest BCUT2D eigenvalue weighted by molar-refractivity contribution is -0.00937. The molecular formula is C27H35N5O3S. The van der Waals surface area contributed by atoms with Crippen LogP contribution in [0.15, 0.2) is 24.3 Å². The highest BCUT2D eigenvalue weighted by atomic mass is 32.1. The van der Waals surface area contributed by atoms with Gasteiger partial charge in [0.2, 0.25) is 0 Å². The van der Waals surface area contributed by atoms with Gasteiger partial charge in [-0.2, -0.15) is 0 Å². The van der Waals surface area contributed by atoms with Gasteiger partial charge >= 0.3 is 0 Å². The Labute approximate surface area is 215 Å². The van der Waals surface area contributed by atoms with Crippen LogP contribution in [-0.2, 0) is 13.0 Å². The number of amides is 2. The molecule has 1 fully saturated rings. The molecule has 0 spiro atoms. The van der Waals surface area contributed by atoms with Gasteiger partial charge in [0.25, 0.3) is 11.8 Å². The highest BCUT2D eigenvalue weighted by Gasteiger charge is 2.39. The summed E-state index contributed by atoms with van der Waals surface area (Å²) in [5, 5.41) is 18.5. The van der Waals surface area contributed by atoms with Crippen molar-refractivity contribution in [3.8, 4) is 0 Å². The van der Waals surface area contributed by atoms with Crippen molar-refractivity contribution in [2.45, 2.75) is 70.7 Å². The molecule has 2 aromatic heterocycles. The number of likely N-dealkylation sites (N-methyl/N-ethyl adjacent to an activating group) is 1. The molecule has 0 unspecified atom stereocenters. The molecule has 1 aromatic carbocycles. The van der Waals surface area contributed by atoms with Crippen LogP contribution in [0.2, 0.25) is 0 Å². The van der Waals surface area contributed by atoms with E-state index in [1.165, 1.54) is 11.3 Å². The van der Waals surface area contributed by atoms with E-state index in [9.17, 15) is 14.7 Å². The first kappa shape index (κ1) is 24.9. The third-order valence-electron chi connectivity index (χ3n) is 7.62. The molecule has 1 saturated carbocycles. The fraction of sp³-hybridized carbons (Fsp3) is 0.519. The van der Waals surface area contributed by atoms with Gasteiger partial charge in [-0.3, -0.25) is 9.59 Å². The van der Waals surface area contributed by atoms with Crippen LogP contribution in [0.3, 0.4) is 0 Å². The molecule has 5 rings (SSSR count). The molecule has 3 aromatic rings. The number of fused-ring (bicyclic) bond motifs is 2. The number of nitrogens with zero attached hydrogens (tertiary/aromatic N) is 2. The Morgan fingerprint density at radius 3 is 2.72 bits per heavy atom. The molecule has 1 aliphatic carbocycles. The normalized spacial score (nSPS) is 22.9. The standard InChI is InChI=1S/C27H35N5O3S/c1-15-5-7-18-16(11-15)12-22(28-18)24(33)29-19-8-6-17(27(2,3)35)13-21(19)30-25(34)26-31-20-9-10-32(4)14-23(20)36-26/h5,7,11-12,17,19,21,28,35H,6,8-10,13-14H2,1-4H3,(H,29,33)(H,30,34)/t17-,19-,21+/m0/s1. The van der Waals surface area contributed by atoms with E-state index in [1.807, 2.05) is 45.0 Å². The van der Waals surface area contributed by atoms with E-state index in [0.717, 1.165) is 53.0 Å². The largest absolute Gasteiger partial charge is 0.390 e. The van der Waals surface area contributed by atoms with Gasteiger partial charge in [-0.05, 0) is 71.2 Å². The molecule has 0 bridgehead atoms. The number of thiazole rings is 1. The second-order valence-corrected chi connectivity index (χ2v) is 12.1. The van der Waals surface area contributed by atoms with Crippen molar-refractivity contribution in [2.75, 3.05) is 13.6 Å². The first-order valence-electron chi connectivity index (χ1n) is 12.7. The number of aryl methyl sites for hydroxylation is 1. The number of benzene rings is 1. The van der Waals surface area contributed by atoms with Gasteiger partial charge in [0, 0.05) is 47.4 Å². The van der Waals surface area contributed by atoms with Crippen molar-refractivity contribution in [3.05, 3.63) is 51.1 Å². The zero-order valence-corrected chi connectivity index (χ0v) is 22.2. The van der Waals surface area contributed by atoms with Crippen LogP contribution >= 0.6 is 11.3 Å². The average molecular weight is 510 g/mol. The number of hydrogen-bond donors (Lipinski definition) is 4. The van der Waals surface area contributed by atoms with Gasteiger partial charge in [0.1, 0.15) is 5.69 Å². The fourth-order valence-electron chi connectivity index (χ4n) is 5.42. The predicted octanol–water partition coefficient (Wildman–Crippen LogP) is 3.39. The second-order valence-electron chi connectivity index (χ2n) is 11.0. The molecule has 2 aliphatic rings. The molecule has 0 saturated heterocycles. The van der Waals surface area contributed by atoms with Crippen molar-refractivity contribution in [3.63, 3.8) is 0 Å². The summed E-state index contributed by atoms with van der Waals surface area (Å²) >= 11 is 1.45. The first-order chi connectivity index (χ1) is 17.1. The maximum Gasteiger partial charge on any atom is 0.280 e. The summed E-state index contributed by atoms with van der Waals surface area (Å²) in [6, 6.07) is 7.36. The Morgan fingerprint density at radius 1 is 1.17 bits per heavy atom. The number of hydrogen-bond acceptors (Lipinski definition) is 6. The summed E-state index contributed by atoms with van der Waals surface area (Å²) in [6.45, 7) is 7.40. The zero-order chi connectivity index (χ0) is 25.6. The number of aromatic amines is 1. The number of aromatic nitrogens is 2. The van der Waals surface area contributed by atoms with Gasteiger partial charge in [-0.1, -0.05) is 11.6 Å². The lowest BCUT2D eigenvalue weighted by atomic mass is 9.74. The van der Waals surface area contributed by atoms with Crippen LogP contribution in [0, 0.1) is 12.8 Å². The van der Waals surface area contributed by atoms with Crippen LogP contribution in [0.1, 0.15) is 69.5 Å². The molecule has 9 heteroatoms. The van der Waals surface area contributed by atoms with Crippen molar-refractivity contribution < 1.29 is 14.7 Å². The molecule has 1 aliphatic heterocycles. The van der Waals surface area contributed by atoms with Crippen LogP contribution in [-0.4, -0.2) is 63.1 Å². The molecule has 192 valence electrons. The van der Waals surface area contributed by atoms with E-state index >= 15 is 0 Å². The zero-order valence-electron chi connectivity index (χ0n) is 21.4. The van der Waals surface area contributed by atoms with E-state index < -0.39 is 5.60 Å². The van der Waals surface area contributed by atoms with Gasteiger partial charge in [0.05, 0.1) is 11.3 Å². The SMILES string of the molecule is Cc1ccc2[nH]c(C(=O)N[C@H]3CC[C@H](C(C)(C)O)C[C@H]3NC(=O)c3nc4c(s3)CN(C)CC4)cc2c1. The maximum absolute atomic E-state index is 13.3. The highest BCUT2D eigenvalue weighted by Crippen LogP contribution is 2.33. The van der Waals surface area contributed by atoms with Gasteiger partial charge < -0.3 is 25.6 Å². The number of rotatable bonds is 5. The minimum atomic E-state index is -0.863. The Morgan fingerprint density at radius 2 is 1.94 bits per heavy atom. The second kappa shape index (κ2) is 9.61. The smallest absolute Gasteiger partial charge is 0.280 e. The number of aliphatic hydroxyl groups is 1. The summed E-state index contributed by atoms with van der Waals surface area (Å²) in [5.41, 5.74) is 2.70. The lowest BCUT2D eigenvalue weighted by Crippen LogP contribution is -2.56. The molecule has 3 atom stereocenters. The highest BCUT2D eigenvalue weighted by molar-refractivity contribution is 7.13. The third-order valence-corrected chi connectivity index (χ3v) is 8.70. The maximum atomic E-state index is 13.3. The quantitative estimate of drug-likeness (QED) is 0.422. The van der Waals surface area contributed by atoms with Gasteiger partial charge in [-0.15, -0.1) is 11.3 Å². The lowest BCUT2D eigenvalue weighted by Gasteiger charge is -2.41. The van der Waals surface area contributed by atoms with Crippen molar-refractivity contribution >= 4 is 34.1 Å². The van der Waals surface area contributed by atoms with Gasteiger partial charge in [-0.25, -0.2) is 4.98 Å². The van der Waals surface area contributed by atoms with Crippen LogP contribution in [0.5, 0.6) is 0 Å². The molecule has 0 radical (unpaired) electrons. The third kappa shape index (κ3) is 5.19. The molecular weight excluding hydrogens is 474 g/mol. The van der Waals surface area contributed by atoms with Crippen molar-refractivity contribution in [1.29, 1.82) is 0 Å². The number of carbonyl (C=O) groups excluding carboxylic acids is 2. The Balaban J connectivity index is 1.33. The van der Waals surface area contributed by atoms with E-state index in [2.05, 4.69) is 32.5 Å². The Hall–Kier alpha value is -2.75. The van der Waals surface area contributed by atoms with E-state index in [1.54, 1.807) is 0 Å². The van der Waals surface area contributed by atoms with Crippen molar-refractivity contribution in [2.24, 2.45) is 5.92 Å². The Bertz CT molecular complexity index is 1290. The van der Waals surface area contributed by atoms with E-state index in [-0.39, 0.29) is 29.8 Å². The number of carbonyl (C=O) groups is 2. The van der Waals surface area contributed by atoms with E-state index in [0.29, 0.717) is 23.5 Å². The van der Waals surface area contributed by atoms with Gasteiger partial charge in [0.15, 0.2) is 5.01 Å². The average Bonchev–Trinajstić information content (AvgIpc) is 3.43. The summed E-state index contributed by atoms with van der Waals surface area (Å²) in [6.07, 6.45) is 2.87. The van der Waals surface area contributed by atoms with Crippen LogP contribution in [0.25, 0.3) is 10.9 Å². The number of H-pyrrole nitrogens is 1. The summed E-state index contributed by atoms with van der Waals surface area (Å²) < 4.78 is 0. The van der Waals surface area contributed by atoms with E-state index in [4.69, 9.17) is 0 Å². The first-order valence-corrected chi connectivity index (χ1v) is 13.5. The molecule has 4 N–H and O–H groups in total. The summed E-state index contributed by atoms with van der Waals surface area (Å²) in [4.78, 5) is 37.7. The fourth-order valence-corrected chi connectivity index (χ4v) is 6.51. The minimum absolute atomic E-state index is 0.0187. The predicted molar refractivity (Wildman–Crippen MR) is 141 cm³/mol. The van der Waals surface area contributed by atoms with Crippen molar-refractivity contribution in [1.82, 2.24) is 25.5 Å². The topological polar surface area (TPSA) is 110 Å². The molecule has 3 heterocycles. The Kier molecular flexibility index (Phi) is 6.65. The van der Waals surface area contributed by atoms with Crippen LogP contribution in [0.4, 0.5) is 0 Å². The molecule has 2 amide bonds. The molecule has 8 nitrogen and oxygen atoms in total.